The van der Waals surface area contributed by atoms with Crippen LogP contribution in [0.1, 0.15) is 50.3 Å². The van der Waals surface area contributed by atoms with E-state index in [0.29, 0.717) is 22.0 Å². The van der Waals surface area contributed by atoms with E-state index < -0.39 is 0 Å². The molecule has 1 aliphatic carbocycles. The molecule has 0 atom stereocenters. The van der Waals surface area contributed by atoms with Gasteiger partial charge in [-0.3, -0.25) is 4.79 Å². The molecule has 2 aromatic carbocycles. The van der Waals surface area contributed by atoms with E-state index in [-0.39, 0.29) is 36.1 Å². The molecule has 172 valence electrons. The lowest BCUT2D eigenvalue weighted by molar-refractivity contribution is -0.118. The zero-order valence-corrected chi connectivity index (χ0v) is 19.4. The number of carbonyl (C=O) groups excluding carboxylic acids is 2. The van der Waals surface area contributed by atoms with Gasteiger partial charge in [0.25, 0.3) is 0 Å². The van der Waals surface area contributed by atoms with Gasteiger partial charge in [-0.1, -0.05) is 50.1 Å². The summed E-state index contributed by atoms with van der Waals surface area (Å²) in [6.45, 7) is 3.89. The predicted octanol–water partition coefficient (Wildman–Crippen LogP) is 5.53. The second kappa shape index (κ2) is 9.67. The van der Waals surface area contributed by atoms with Crippen LogP contribution in [-0.4, -0.2) is 26.8 Å². The molecule has 2 amide bonds. The van der Waals surface area contributed by atoms with Crippen molar-refractivity contribution >= 4 is 29.2 Å². The number of nitrogens with zero attached hydrogens (tertiary/aromatic N) is 2. The monoisotopic (exact) mass is 466 g/mol. The molecular weight excluding hydrogens is 440 g/mol. The Morgan fingerprint density at radius 3 is 2.58 bits per heavy atom. The maximum atomic E-state index is 13.0. The molecular formula is C25H27ClN4O3. The Hall–Kier alpha value is -3.32. The Labute approximate surface area is 197 Å². The number of nitrogens with one attached hydrogen (secondary N) is 2. The predicted molar refractivity (Wildman–Crippen MR) is 128 cm³/mol. The Bertz CT molecular complexity index is 1180. The number of benzene rings is 2. The average molecular weight is 467 g/mol. The number of rotatable bonds is 6. The number of anilines is 1. The van der Waals surface area contributed by atoms with Gasteiger partial charge in [-0.05, 0) is 42.7 Å². The van der Waals surface area contributed by atoms with E-state index >= 15 is 0 Å². The topological polar surface area (TPSA) is 96.3 Å². The van der Waals surface area contributed by atoms with Crippen LogP contribution in [-0.2, 0) is 11.3 Å². The van der Waals surface area contributed by atoms with Crippen molar-refractivity contribution in [1.82, 2.24) is 15.1 Å². The van der Waals surface area contributed by atoms with Gasteiger partial charge in [0, 0.05) is 40.7 Å². The van der Waals surface area contributed by atoms with Crippen molar-refractivity contribution in [3.63, 3.8) is 0 Å². The number of carbonyl (C=O) groups is 2. The van der Waals surface area contributed by atoms with Crippen molar-refractivity contribution in [3.8, 4) is 17.0 Å². The third-order valence-electron chi connectivity index (χ3n) is 5.91. The number of hydrogen-bond acceptors (Lipinski definition) is 4. The van der Waals surface area contributed by atoms with Crippen LogP contribution in [0, 0.1) is 5.92 Å². The number of phenols is 1. The van der Waals surface area contributed by atoms with Crippen LogP contribution in [0.3, 0.4) is 0 Å². The van der Waals surface area contributed by atoms with Gasteiger partial charge in [0.1, 0.15) is 5.75 Å². The van der Waals surface area contributed by atoms with E-state index in [1.54, 1.807) is 32.0 Å². The minimum Gasteiger partial charge on any atom is -0.507 e. The fraction of sp³-hybridized carbons (Fsp3) is 0.320. The van der Waals surface area contributed by atoms with E-state index in [2.05, 4.69) is 15.7 Å². The molecule has 1 fully saturated rings. The van der Waals surface area contributed by atoms with Crippen molar-refractivity contribution in [2.45, 2.75) is 45.6 Å². The molecule has 1 aromatic heterocycles. The molecule has 4 rings (SSSR count). The van der Waals surface area contributed by atoms with Crippen molar-refractivity contribution in [1.29, 1.82) is 0 Å². The van der Waals surface area contributed by atoms with E-state index in [9.17, 15) is 14.7 Å². The number of aromatic hydroxyl groups is 1. The van der Waals surface area contributed by atoms with Crippen LogP contribution < -0.4 is 10.6 Å². The number of hydrogen-bond donors (Lipinski definition) is 3. The van der Waals surface area contributed by atoms with Gasteiger partial charge in [-0.25, -0.2) is 4.79 Å². The fourth-order valence-electron chi connectivity index (χ4n) is 3.68. The largest absolute Gasteiger partial charge is 0.507 e. The quantitative estimate of drug-likeness (QED) is 0.445. The highest BCUT2D eigenvalue weighted by molar-refractivity contribution is 6.31. The SMILES string of the molecule is CC(C)C(=O)Nc1ccc(-c2cc(C3CCC3)n(C(=O)NCc3ccccc3Cl)n2)c(O)c1. The van der Waals surface area contributed by atoms with Crippen molar-refractivity contribution in [2.75, 3.05) is 5.32 Å². The van der Waals surface area contributed by atoms with Crippen LogP contribution in [0.5, 0.6) is 5.75 Å². The average Bonchev–Trinajstić information content (AvgIpc) is 3.16. The molecule has 0 bridgehead atoms. The normalized spacial score (nSPS) is 13.6. The van der Waals surface area contributed by atoms with Crippen LogP contribution in [0.25, 0.3) is 11.3 Å². The molecule has 1 saturated carbocycles. The summed E-state index contributed by atoms with van der Waals surface area (Å²) in [7, 11) is 0. The molecule has 3 N–H and O–H groups in total. The number of aromatic nitrogens is 2. The minimum absolute atomic E-state index is 0.0159. The maximum absolute atomic E-state index is 13.0. The summed E-state index contributed by atoms with van der Waals surface area (Å²) in [6.07, 6.45) is 3.10. The minimum atomic E-state index is -0.344. The summed E-state index contributed by atoms with van der Waals surface area (Å²) in [5.74, 6) is -0.0624. The van der Waals surface area contributed by atoms with Crippen LogP contribution in [0.2, 0.25) is 5.02 Å². The van der Waals surface area contributed by atoms with Gasteiger partial charge < -0.3 is 15.7 Å². The summed E-state index contributed by atoms with van der Waals surface area (Å²) >= 11 is 6.20. The Morgan fingerprint density at radius 2 is 1.94 bits per heavy atom. The first kappa shape index (κ1) is 22.9. The van der Waals surface area contributed by atoms with Gasteiger partial charge in [-0.2, -0.15) is 9.78 Å². The number of phenolic OH excluding ortho intramolecular Hbond substituents is 1. The lowest BCUT2D eigenvalue weighted by atomic mass is 9.82. The Kier molecular flexibility index (Phi) is 6.70. The van der Waals surface area contributed by atoms with E-state index in [0.717, 1.165) is 30.5 Å². The van der Waals surface area contributed by atoms with Crippen molar-refractivity contribution in [3.05, 3.63) is 64.8 Å². The molecule has 7 nitrogen and oxygen atoms in total. The third kappa shape index (κ3) is 5.03. The first-order chi connectivity index (χ1) is 15.8. The molecule has 0 radical (unpaired) electrons. The molecule has 0 unspecified atom stereocenters. The van der Waals surface area contributed by atoms with Gasteiger partial charge >= 0.3 is 6.03 Å². The lowest BCUT2D eigenvalue weighted by Gasteiger charge is -2.25. The molecule has 33 heavy (non-hydrogen) atoms. The van der Waals surface area contributed by atoms with E-state index in [1.165, 1.54) is 10.7 Å². The molecule has 3 aromatic rings. The zero-order valence-electron chi connectivity index (χ0n) is 18.6. The summed E-state index contributed by atoms with van der Waals surface area (Å²) in [4.78, 5) is 24.9. The highest BCUT2D eigenvalue weighted by Gasteiger charge is 2.27. The van der Waals surface area contributed by atoms with Crippen LogP contribution in [0.4, 0.5) is 10.5 Å². The zero-order chi connectivity index (χ0) is 23.5. The van der Waals surface area contributed by atoms with Gasteiger partial charge in [0.05, 0.1) is 11.4 Å². The van der Waals surface area contributed by atoms with Crippen LogP contribution in [0.15, 0.2) is 48.5 Å². The highest BCUT2D eigenvalue weighted by Crippen LogP contribution is 2.39. The first-order valence-electron chi connectivity index (χ1n) is 11.1. The fourth-order valence-corrected chi connectivity index (χ4v) is 3.89. The van der Waals surface area contributed by atoms with Crippen molar-refractivity contribution < 1.29 is 14.7 Å². The van der Waals surface area contributed by atoms with E-state index in [4.69, 9.17) is 11.6 Å². The van der Waals surface area contributed by atoms with Crippen molar-refractivity contribution in [2.24, 2.45) is 5.92 Å². The Balaban J connectivity index is 1.58. The third-order valence-corrected chi connectivity index (χ3v) is 6.27. The molecule has 0 spiro atoms. The standard InChI is InChI=1S/C25H27ClN4O3/c1-15(2)24(32)28-18-10-11-19(23(31)12-18)21-13-22(16-7-5-8-16)30(29-21)25(33)27-14-17-6-3-4-9-20(17)26/h3-4,6,9-13,15-16,31H,5,7-8,14H2,1-2H3,(H,27,33)(H,28,32). The van der Waals surface area contributed by atoms with E-state index in [1.807, 2.05) is 24.3 Å². The van der Waals surface area contributed by atoms with Gasteiger partial charge in [-0.15, -0.1) is 0 Å². The lowest BCUT2D eigenvalue weighted by Crippen LogP contribution is -2.31. The number of amides is 2. The Morgan fingerprint density at radius 1 is 1.18 bits per heavy atom. The summed E-state index contributed by atoms with van der Waals surface area (Å²) in [6, 6.07) is 13.8. The summed E-state index contributed by atoms with van der Waals surface area (Å²) in [5.41, 5.74) is 3.15. The van der Waals surface area contributed by atoms with Gasteiger partial charge in [0.2, 0.25) is 5.91 Å². The summed E-state index contributed by atoms with van der Waals surface area (Å²) in [5, 5.41) is 21.4. The number of halogens is 1. The molecule has 0 saturated heterocycles. The maximum Gasteiger partial charge on any atom is 0.342 e. The first-order valence-corrected chi connectivity index (χ1v) is 11.5. The highest BCUT2D eigenvalue weighted by atomic mass is 35.5. The molecule has 8 heteroatoms. The summed E-state index contributed by atoms with van der Waals surface area (Å²) < 4.78 is 1.39. The molecule has 0 aliphatic heterocycles. The molecule has 1 aliphatic rings. The van der Waals surface area contributed by atoms with Crippen LogP contribution >= 0.6 is 11.6 Å². The second-order valence-electron chi connectivity index (χ2n) is 8.62. The molecule has 1 heterocycles. The smallest absolute Gasteiger partial charge is 0.342 e. The van der Waals surface area contributed by atoms with Gasteiger partial charge in [0.15, 0.2) is 0 Å². The second-order valence-corrected chi connectivity index (χ2v) is 9.03.